The lowest BCUT2D eigenvalue weighted by Crippen LogP contribution is -2.54. The van der Waals surface area contributed by atoms with E-state index in [0.717, 1.165) is 12.3 Å². The van der Waals surface area contributed by atoms with E-state index in [1.807, 2.05) is 0 Å². The van der Waals surface area contributed by atoms with Crippen LogP contribution in [0.1, 0.15) is 63.1 Å². The topological polar surface area (TPSA) is 29.3 Å². The van der Waals surface area contributed by atoms with Crippen LogP contribution in [0.5, 0.6) is 0 Å². The Hall–Kier alpha value is -0.860. The Kier molecular flexibility index (Phi) is 5.45. The summed E-state index contributed by atoms with van der Waals surface area (Å²) < 4.78 is 0. The molecule has 1 aromatic carbocycles. The van der Waals surface area contributed by atoms with Crippen molar-refractivity contribution in [2.24, 2.45) is 11.7 Å². The first-order valence-corrected chi connectivity index (χ1v) is 8.51. The Morgan fingerprint density at radius 2 is 1.95 bits per heavy atom. The second-order valence-corrected chi connectivity index (χ2v) is 7.17. The maximum Gasteiger partial charge on any atom is 0.0482 e. The first-order valence-electron chi connectivity index (χ1n) is 8.51. The van der Waals surface area contributed by atoms with Crippen LogP contribution in [0.2, 0.25) is 0 Å². The van der Waals surface area contributed by atoms with Crippen molar-refractivity contribution in [2.75, 3.05) is 14.1 Å². The van der Waals surface area contributed by atoms with Gasteiger partial charge in [-0.3, -0.25) is 0 Å². The number of benzene rings is 1. The molecule has 1 fully saturated rings. The molecular weight excluding hydrogens is 256 g/mol. The summed E-state index contributed by atoms with van der Waals surface area (Å²) >= 11 is 0. The van der Waals surface area contributed by atoms with E-state index < -0.39 is 0 Å². The molecule has 2 N–H and O–H groups in total. The molecule has 1 aliphatic carbocycles. The van der Waals surface area contributed by atoms with E-state index in [1.165, 1.54) is 43.2 Å². The van der Waals surface area contributed by atoms with Gasteiger partial charge >= 0.3 is 0 Å². The molecule has 0 heterocycles. The Morgan fingerprint density at radius 1 is 1.29 bits per heavy atom. The van der Waals surface area contributed by atoms with Crippen LogP contribution in [-0.2, 0) is 6.42 Å². The number of hydrogen-bond donors (Lipinski definition) is 1. The predicted molar refractivity (Wildman–Crippen MR) is 91.4 cm³/mol. The molecule has 1 aliphatic rings. The van der Waals surface area contributed by atoms with Gasteiger partial charge in [0, 0.05) is 11.6 Å². The van der Waals surface area contributed by atoms with Gasteiger partial charge in [0.2, 0.25) is 0 Å². The van der Waals surface area contributed by atoms with Gasteiger partial charge in [-0.2, -0.15) is 0 Å². The summed E-state index contributed by atoms with van der Waals surface area (Å²) in [6.45, 7) is 4.60. The summed E-state index contributed by atoms with van der Waals surface area (Å²) in [6, 6.07) is 9.12. The lowest BCUT2D eigenvalue weighted by atomic mass is 9.70. The summed E-state index contributed by atoms with van der Waals surface area (Å²) in [5.74, 6) is 0.770. The highest BCUT2D eigenvalue weighted by atomic mass is 15.2. The van der Waals surface area contributed by atoms with Gasteiger partial charge in [0.25, 0.3) is 0 Å². The van der Waals surface area contributed by atoms with Gasteiger partial charge in [0.05, 0.1) is 0 Å². The molecule has 1 saturated carbocycles. The molecule has 2 nitrogen and oxygen atoms in total. The third-order valence-corrected chi connectivity index (χ3v) is 5.36. The second kappa shape index (κ2) is 6.93. The largest absolute Gasteiger partial charge is 0.322 e. The minimum Gasteiger partial charge on any atom is -0.322 e. The van der Waals surface area contributed by atoms with Crippen LogP contribution in [0.4, 0.5) is 0 Å². The molecule has 118 valence electrons. The highest BCUT2D eigenvalue weighted by molar-refractivity contribution is 5.28. The van der Waals surface area contributed by atoms with Crippen LogP contribution in [0.3, 0.4) is 0 Å². The molecule has 3 atom stereocenters. The van der Waals surface area contributed by atoms with Gasteiger partial charge in [-0.25, -0.2) is 0 Å². The van der Waals surface area contributed by atoms with Crippen molar-refractivity contribution in [2.45, 2.75) is 64.0 Å². The summed E-state index contributed by atoms with van der Waals surface area (Å²) in [7, 11) is 4.40. The SMILES string of the molecule is CCCc1ccc(C(N)C2(N(C)C)CCCC(C)C2)cc1. The Labute approximate surface area is 130 Å². The van der Waals surface area contributed by atoms with Crippen LogP contribution >= 0.6 is 0 Å². The summed E-state index contributed by atoms with van der Waals surface area (Å²) in [4.78, 5) is 2.38. The predicted octanol–water partition coefficient (Wildman–Crippen LogP) is 4.15. The van der Waals surface area contributed by atoms with E-state index >= 15 is 0 Å². The van der Waals surface area contributed by atoms with E-state index in [1.54, 1.807) is 0 Å². The van der Waals surface area contributed by atoms with E-state index in [-0.39, 0.29) is 11.6 Å². The molecule has 0 aliphatic heterocycles. The van der Waals surface area contributed by atoms with Crippen molar-refractivity contribution in [1.29, 1.82) is 0 Å². The standard InChI is InChI=1S/C19H32N2/c1-5-7-16-9-11-17(12-10-16)18(20)19(21(3)4)13-6-8-15(2)14-19/h9-12,15,18H,5-8,13-14,20H2,1-4H3. The van der Waals surface area contributed by atoms with Crippen molar-refractivity contribution in [3.8, 4) is 0 Å². The molecule has 1 aromatic rings. The first-order chi connectivity index (χ1) is 9.99. The van der Waals surface area contributed by atoms with Gasteiger partial charge in [0.1, 0.15) is 0 Å². The summed E-state index contributed by atoms with van der Waals surface area (Å²) in [5.41, 5.74) is 9.58. The number of hydrogen-bond acceptors (Lipinski definition) is 2. The number of aryl methyl sites for hydroxylation is 1. The van der Waals surface area contributed by atoms with Crippen molar-refractivity contribution in [3.63, 3.8) is 0 Å². The fourth-order valence-electron chi connectivity index (χ4n) is 4.02. The number of nitrogens with two attached hydrogens (primary N) is 1. The molecule has 0 spiro atoms. The van der Waals surface area contributed by atoms with E-state index in [9.17, 15) is 0 Å². The average Bonchev–Trinajstić information content (AvgIpc) is 2.47. The molecule has 0 saturated heterocycles. The van der Waals surface area contributed by atoms with Gasteiger partial charge in [0.15, 0.2) is 0 Å². The lowest BCUT2D eigenvalue weighted by molar-refractivity contribution is 0.0499. The molecule has 0 radical (unpaired) electrons. The van der Waals surface area contributed by atoms with Crippen LogP contribution < -0.4 is 5.73 Å². The zero-order valence-electron chi connectivity index (χ0n) is 14.2. The van der Waals surface area contributed by atoms with E-state index in [0.29, 0.717) is 0 Å². The Balaban J connectivity index is 2.23. The highest BCUT2D eigenvalue weighted by Crippen LogP contribution is 2.42. The number of nitrogens with zero attached hydrogens (tertiary/aromatic N) is 1. The summed E-state index contributed by atoms with van der Waals surface area (Å²) in [6.07, 6.45) is 7.41. The van der Waals surface area contributed by atoms with Crippen LogP contribution in [0.15, 0.2) is 24.3 Å². The second-order valence-electron chi connectivity index (χ2n) is 7.17. The molecule has 3 unspecified atom stereocenters. The zero-order valence-corrected chi connectivity index (χ0v) is 14.2. The van der Waals surface area contributed by atoms with E-state index in [4.69, 9.17) is 5.73 Å². The van der Waals surface area contributed by atoms with Crippen molar-refractivity contribution in [3.05, 3.63) is 35.4 Å². The number of rotatable bonds is 5. The van der Waals surface area contributed by atoms with Crippen LogP contribution in [-0.4, -0.2) is 24.5 Å². The zero-order chi connectivity index (χ0) is 15.5. The van der Waals surface area contributed by atoms with Crippen LogP contribution in [0, 0.1) is 5.92 Å². The molecular formula is C19H32N2. The quantitative estimate of drug-likeness (QED) is 0.882. The molecule has 21 heavy (non-hydrogen) atoms. The van der Waals surface area contributed by atoms with Gasteiger partial charge in [-0.15, -0.1) is 0 Å². The van der Waals surface area contributed by atoms with Crippen molar-refractivity contribution >= 4 is 0 Å². The average molecular weight is 288 g/mol. The van der Waals surface area contributed by atoms with Gasteiger partial charge in [-0.05, 0) is 50.4 Å². The van der Waals surface area contributed by atoms with E-state index in [2.05, 4.69) is 57.1 Å². The first kappa shape index (κ1) is 16.5. The van der Waals surface area contributed by atoms with Gasteiger partial charge < -0.3 is 10.6 Å². The Bertz CT molecular complexity index is 437. The maximum absolute atomic E-state index is 6.75. The minimum atomic E-state index is 0.103. The highest BCUT2D eigenvalue weighted by Gasteiger charge is 2.42. The minimum absolute atomic E-state index is 0.103. The Morgan fingerprint density at radius 3 is 2.48 bits per heavy atom. The van der Waals surface area contributed by atoms with Crippen molar-refractivity contribution in [1.82, 2.24) is 4.90 Å². The third-order valence-electron chi connectivity index (χ3n) is 5.36. The molecule has 0 aromatic heterocycles. The monoisotopic (exact) mass is 288 g/mol. The third kappa shape index (κ3) is 3.49. The lowest BCUT2D eigenvalue weighted by Gasteiger charge is -2.49. The van der Waals surface area contributed by atoms with Crippen molar-refractivity contribution < 1.29 is 0 Å². The molecule has 2 heteroatoms. The summed E-state index contributed by atoms with van der Waals surface area (Å²) in [5, 5.41) is 0. The normalized spacial score (nSPS) is 27.8. The fourth-order valence-corrected chi connectivity index (χ4v) is 4.02. The van der Waals surface area contributed by atoms with Gasteiger partial charge in [-0.1, -0.05) is 57.4 Å². The fraction of sp³-hybridized carbons (Fsp3) is 0.684. The van der Waals surface area contributed by atoms with Crippen LogP contribution in [0.25, 0.3) is 0 Å². The maximum atomic E-state index is 6.75. The molecule has 2 rings (SSSR count). The smallest absolute Gasteiger partial charge is 0.0482 e. The number of likely N-dealkylation sites (N-methyl/N-ethyl adjacent to an activating group) is 1. The molecule has 0 amide bonds. The molecule has 0 bridgehead atoms.